The lowest BCUT2D eigenvalue weighted by atomic mass is 9.95. The summed E-state index contributed by atoms with van der Waals surface area (Å²) in [6.07, 6.45) is 2.24. The van der Waals surface area contributed by atoms with Crippen molar-refractivity contribution in [3.8, 4) is 11.5 Å². The van der Waals surface area contributed by atoms with Crippen LogP contribution < -0.4 is 14.8 Å². The Labute approximate surface area is 163 Å². The monoisotopic (exact) mass is 388 g/mol. The number of para-hydroxylation sites is 1. The van der Waals surface area contributed by atoms with Crippen LogP contribution in [0.3, 0.4) is 0 Å². The maximum Gasteiger partial charge on any atom is 0.328 e. The number of H-pyrrole nitrogens is 1. The van der Waals surface area contributed by atoms with Crippen molar-refractivity contribution in [3.05, 3.63) is 41.5 Å². The number of ether oxygens (including phenoxy) is 3. The number of nitrogens with zero attached hydrogens (tertiary/aromatic N) is 2. The summed E-state index contributed by atoms with van der Waals surface area (Å²) < 4.78 is 15.7. The van der Waals surface area contributed by atoms with E-state index < -0.39 is 18.1 Å². The first-order chi connectivity index (χ1) is 13.5. The molecule has 3 rings (SSSR count). The molecule has 2 N–H and O–H groups in total. The number of methoxy groups -OCH3 is 3. The summed E-state index contributed by atoms with van der Waals surface area (Å²) >= 11 is 0. The van der Waals surface area contributed by atoms with E-state index in [-0.39, 0.29) is 6.03 Å². The summed E-state index contributed by atoms with van der Waals surface area (Å²) in [6.45, 7) is 2.02. The van der Waals surface area contributed by atoms with E-state index in [2.05, 4.69) is 15.3 Å². The first-order valence-corrected chi connectivity index (χ1v) is 8.89. The minimum atomic E-state index is -0.772. The number of aromatic nitrogens is 2. The maximum absolute atomic E-state index is 13.0. The molecule has 0 bridgehead atoms. The highest BCUT2D eigenvalue weighted by Crippen LogP contribution is 2.41. The minimum absolute atomic E-state index is 0.388. The zero-order chi connectivity index (χ0) is 20.3. The SMILES string of the molecule is COC(=O)C(C)NC(=O)N1CCc2[nH]cnc2C1c1cccc(OC)c1OC. The standard InChI is InChI=1S/C19H24N4O5/c1-11(18(24)28-4)22-19(25)23-9-8-13-15(21-10-20-13)16(23)12-6-5-7-14(26-2)17(12)27-3/h5-7,10-11,16H,8-9H2,1-4H3,(H,20,21)(H,22,25). The second-order valence-electron chi connectivity index (χ2n) is 6.39. The van der Waals surface area contributed by atoms with Gasteiger partial charge in [0.2, 0.25) is 0 Å². The molecule has 2 heterocycles. The fraction of sp³-hybridized carbons (Fsp3) is 0.421. The molecule has 28 heavy (non-hydrogen) atoms. The molecule has 0 fully saturated rings. The van der Waals surface area contributed by atoms with Gasteiger partial charge in [0.25, 0.3) is 0 Å². The molecule has 1 aromatic heterocycles. The molecule has 2 unspecified atom stereocenters. The number of benzene rings is 1. The Kier molecular flexibility index (Phi) is 5.72. The predicted octanol–water partition coefficient (Wildman–Crippen LogP) is 1.65. The number of fused-ring (bicyclic) bond motifs is 1. The van der Waals surface area contributed by atoms with Crippen LogP contribution in [0, 0.1) is 0 Å². The van der Waals surface area contributed by atoms with Gasteiger partial charge in [0.1, 0.15) is 12.1 Å². The molecule has 2 amide bonds. The number of esters is 1. The summed E-state index contributed by atoms with van der Waals surface area (Å²) in [7, 11) is 4.40. The van der Waals surface area contributed by atoms with E-state index in [1.807, 2.05) is 12.1 Å². The summed E-state index contributed by atoms with van der Waals surface area (Å²) in [5, 5.41) is 2.69. The fourth-order valence-electron chi connectivity index (χ4n) is 3.44. The van der Waals surface area contributed by atoms with Crippen molar-refractivity contribution >= 4 is 12.0 Å². The van der Waals surface area contributed by atoms with Crippen LogP contribution in [0.2, 0.25) is 0 Å². The van der Waals surface area contributed by atoms with Gasteiger partial charge >= 0.3 is 12.0 Å². The minimum Gasteiger partial charge on any atom is -0.493 e. The summed E-state index contributed by atoms with van der Waals surface area (Å²) in [6, 6.07) is 3.85. The molecule has 1 aromatic carbocycles. The quantitative estimate of drug-likeness (QED) is 0.755. The number of amides is 2. The molecule has 0 saturated heterocycles. The van der Waals surface area contributed by atoms with Gasteiger partial charge in [0.15, 0.2) is 11.5 Å². The van der Waals surface area contributed by atoms with Crippen LogP contribution in [0.1, 0.15) is 29.9 Å². The molecule has 9 heteroatoms. The number of imidazole rings is 1. The van der Waals surface area contributed by atoms with Gasteiger partial charge in [-0.1, -0.05) is 12.1 Å². The van der Waals surface area contributed by atoms with Crippen LogP contribution in [0.5, 0.6) is 11.5 Å². The van der Waals surface area contributed by atoms with Crippen LogP contribution >= 0.6 is 0 Å². The van der Waals surface area contributed by atoms with E-state index in [4.69, 9.17) is 14.2 Å². The first-order valence-electron chi connectivity index (χ1n) is 8.89. The van der Waals surface area contributed by atoms with Crippen molar-refractivity contribution in [3.63, 3.8) is 0 Å². The van der Waals surface area contributed by atoms with Crippen molar-refractivity contribution < 1.29 is 23.8 Å². The molecule has 9 nitrogen and oxygen atoms in total. The van der Waals surface area contributed by atoms with E-state index in [1.54, 1.807) is 38.4 Å². The lowest BCUT2D eigenvalue weighted by molar-refractivity contribution is -0.142. The third-order valence-electron chi connectivity index (χ3n) is 4.81. The Hall–Kier alpha value is -3.23. The average molecular weight is 388 g/mol. The molecular formula is C19H24N4O5. The fourth-order valence-corrected chi connectivity index (χ4v) is 3.44. The van der Waals surface area contributed by atoms with Crippen LogP contribution in [-0.2, 0) is 16.0 Å². The second kappa shape index (κ2) is 8.20. The molecule has 1 aliphatic heterocycles. The number of aromatic amines is 1. The molecule has 2 atom stereocenters. The van der Waals surface area contributed by atoms with Gasteiger partial charge < -0.3 is 29.4 Å². The summed E-state index contributed by atoms with van der Waals surface area (Å²) in [5.74, 6) is 0.581. The molecule has 0 saturated carbocycles. The lowest BCUT2D eigenvalue weighted by Crippen LogP contribution is -2.50. The molecule has 0 radical (unpaired) electrons. The zero-order valence-corrected chi connectivity index (χ0v) is 16.3. The number of urea groups is 1. The Morgan fingerprint density at radius 3 is 2.75 bits per heavy atom. The lowest BCUT2D eigenvalue weighted by Gasteiger charge is -2.36. The van der Waals surface area contributed by atoms with E-state index in [9.17, 15) is 9.59 Å². The van der Waals surface area contributed by atoms with E-state index in [1.165, 1.54) is 7.11 Å². The van der Waals surface area contributed by atoms with Crippen LogP contribution in [-0.4, -0.2) is 60.8 Å². The van der Waals surface area contributed by atoms with Crippen LogP contribution in [0.15, 0.2) is 24.5 Å². The number of nitrogens with one attached hydrogen (secondary N) is 2. The largest absolute Gasteiger partial charge is 0.493 e. The van der Waals surface area contributed by atoms with Crippen molar-refractivity contribution in [2.45, 2.75) is 25.4 Å². The van der Waals surface area contributed by atoms with E-state index in [0.717, 1.165) is 17.0 Å². The smallest absolute Gasteiger partial charge is 0.328 e. The number of carbonyl (C=O) groups excluding carboxylic acids is 2. The molecule has 150 valence electrons. The highest BCUT2D eigenvalue weighted by Gasteiger charge is 2.37. The van der Waals surface area contributed by atoms with Gasteiger partial charge in [-0.25, -0.2) is 14.6 Å². The van der Waals surface area contributed by atoms with Gasteiger partial charge in [-0.3, -0.25) is 0 Å². The third kappa shape index (κ3) is 3.47. The molecular weight excluding hydrogens is 364 g/mol. The Morgan fingerprint density at radius 2 is 2.07 bits per heavy atom. The van der Waals surface area contributed by atoms with Gasteiger partial charge in [0.05, 0.1) is 33.4 Å². The maximum atomic E-state index is 13.0. The number of hydrogen-bond acceptors (Lipinski definition) is 6. The van der Waals surface area contributed by atoms with Crippen molar-refractivity contribution in [2.75, 3.05) is 27.9 Å². The van der Waals surface area contributed by atoms with Crippen molar-refractivity contribution in [1.82, 2.24) is 20.2 Å². The van der Waals surface area contributed by atoms with E-state index >= 15 is 0 Å². The Balaban J connectivity index is 2.02. The van der Waals surface area contributed by atoms with Gasteiger partial charge in [-0.05, 0) is 13.0 Å². The van der Waals surface area contributed by atoms with Crippen LogP contribution in [0.25, 0.3) is 0 Å². The first kappa shape index (κ1) is 19.5. The van der Waals surface area contributed by atoms with Gasteiger partial charge in [0, 0.05) is 24.2 Å². The molecule has 0 aliphatic carbocycles. The summed E-state index contributed by atoms with van der Waals surface area (Å²) in [5.41, 5.74) is 2.44. The van der Waals surface area contributed by atoms with E-state index in [0.29, 0.717) is 24.5 Å². The number of hydrogen-bond donors (Lipinski definition) is 2. The van der Waals surface area contributed by atoms with Gasteiger partial charge in [-0.15, -0.1) is 0 Å². The van der Waals surface area contributed by atoms with Crippen molar-refractivity contribution in [2.24, 2.45) is 0 Å². The molecule has 1 aliphatic rings. The third-order valence-corrected chi connectivity index (χ3v) is 4.81. The van der Waals surface area contributed by atoms with Gasteiger partial charge in [-0.2, -0.15) is 0 Å². The number of rotatable bonds is 5. The molecule has 0 spiro atoms. The Bertz CT molecular complexity index is 866. The Morgan fingerprint density at radius 1 is 1.29 bits per heavy atom. The molecule has 2 aromatic rings. The van der Waals surface area contributed by atoms with Crippen molar-refractivity contribution in [1.29, 1.82) is 0 Å². The predicted molar refractivity (Wildman–Crippen MR) is 100 cm³/mol. The second-order valence-corrected chi connectivity index (χ2v) is 6.39. The number of carbonyl (C=O) groups is 2. The highest BCUT2D eigenvalue weighted by atomic mass is 16.5. The highest BCUT2D eigenvalue weighted by molar-refractivity contribution is 5.84. The topological polar surface area (TPSA) is 106 Å². The summed E-state index contributed by atoms with van der Waals surface area (Å²) in [4.78, 5) is 33.9. The average Bonchev–Trinajstić information content (AvgIpc) is 3.20. The normalized spacial score (nSPS) is 16.7. The zero-order valence-electron chi connectivity index (χ0n) is 16.3. The van der Waals surface area contributed by atoms with Crippen LogP contribution in [0.4, 0.5) is 4.79 Å².